The van der Waals surface area contributed by atoms with Gasteiger partial charge in [0, 0.05) is 25.4 Å². The van der Waals surface area contributed by atoms with E-state index in [1.54, 1.807) is 0 Å². The molecular weight excluding hydrogens is 315 g/mol. The SMILES string of the molecule is CN1CCc2cn(C)c3c2C1C=C(N)C3=O.O=C(O)C(F)(F)F. The fourth-order valence-electron chi connectivity index (χ4n) is 2.77. The van der Waals surface area contributed by atoms with Crippen LogP contribution in [0.1, 0.15) is 27.7 Å². The number of alkyl halides is 3. The molecule has 2 aliphatic rings. The van der Waals surface area contributed by atoms with Crippen LogP contribution in [0.2, 0.25) is 0 Å². The maximum atomic E-state index is 12.0. The molecule has 6 nitrogen and oxygen atoms in total. The summed E-state index contributed by atoms with van der Waals surface area (Å²) in [6.07, 6.45) is -0.125. The van der Waals surface area contributed by atoms with E-state index in [-0.39, 0.29) is 11.8 Å². The van der Waals surface area contributed by atoms with Crippen LogP contribution in [-0.2, 0) is 18.3 Å². The highest BCUT2D eigenvalue weighted by Crippen LogP contribution is 2.37. The van der Waals surface area contributed by atoms with Gasteiger partial charge in [-0.2, -0.15) is 13.2 Å². The molecule has 3 N–H and O–H groups in total. The molecule has 9 heteroatoms. The van der Waals surface area contributed by atoms with E-state index >= 15 is 0 Å². The van der Waals surface area contributed by atoms with E-state index in [2.05, 4.69) is 18.1 Å². The van der Waals surface area contributed by atoms with Crippen LogP contribution in [0.4, 0.5) is 13.2 Å². The van der Waals surface area contributed by atoms with Crippen molar-refractivity contribution in [3.05, 3.63) is 34.8 Å². The molecule has 0 radical (unpaired) electrons. The number of allylic oxidation sites excluding steroid dienone is 1. The number of aromatic nitrogens is 1. The summed E-state index contributed by atoms with van der Waals surface area (Å²) in [6.45, 7) is 1.01. The lowest BCUT2D eigenvalue weighted by Gasteiger charge is -2.33. The molecule has 3 rings (SSSR count). The second kappa shape index (κ2) is 5.73. The normalized spacial score (nSPS) is 20.3. The molecule has 1 atom stereocenters. The third-order valence-corrected chi connectivity index (χ3v) is 3.86. The van der Waals surface area contributed by atoms with Crippen LogP contribution in [0.25, 0.3) is 0 Å². The Hall–Kier alpha value is -2.29. The van der Waals surface area contributed by atoms with Gasteiger partial charge in [0.05, 0.1) is 17.4 Å². The summed E-state index contributed by atoms with van der Waals surface area (Å²) >= 11 is 0. The number of carbonyl (C=O) groups excluding carboxylic acids is 1. The number of rotatable bonds is 0. The van der Waals surface area contributed by atoms with Gasteiger partial charge < -0.3 is 15.4 Å². The number of nitrogens with two attached hydrogens (primary N) is 1. The van der Waals surface area contributed by atoms with Crippen molar-refractivity contribution in [1.82, 2.24) is 9.47 Å². The first-order valence-electron chi connectivity index (χ1n) is 6.74. The first-order chi connectivity index (χ1) is 10.5. The average Bonchev–Trinajstić information content (AvgIpc) is 2.76. The van der Waals surface area contributed by atoms with Crippen LogP contribution >= 0.6 is 0 Å². The molecule has 1 aliphatic heterocycles. The van der Waals surface area contributed by atoms with Crippen LogP contribution < -0.4 is 5.73 Å². The number of carboxylic acids is 1. The van der Waals surface area contributed by atoms with Crippen molar-refractivity contribution < 1.29 is 27.9 Å². The standard InChI is InChI=1S/C12H15N3O.C2HF3O2/c1-14-4-3-7-6-15(2)11-10(7)9(14)5-8(13)12(11)16;3-2(4,5)1(6)7/h5-6,9H,3-4,13H2,1-2H3;(H,6,7). The lowest BCUT2D eigenvalue weighted by Crippen LogP contribution is -2.35. The number of Topliss-reactive ketones (excluding diaryl/α,β-unsaturated/α-hetero) is 1. The molecule has 2 heterocycles. The number of aliphatic carboxylic acids is 1. The van der Waals surface area contributed by atoms with Crippen molar-refractivity contribution in [2.75, 3.05) is 13.6 Å². The van der Waals surface area contributed by atoms with Crippen LogP contribution in [0.5, 0.6) is 0 Å². The van der Waals surface area contributed by atoms with Crippen LogP contribution in [-0.4, -0.2) is 46.1 Å². The van der Waals surface area contributed by atoms with Gasteiger partial charge in [-0.15, -0.1) is 0 Å². The molecule has 0 saturated carbocycles. The number of likely N-dealkylation sites (N-methyl/N-ethyl adjacent to an activating group) is 1. The molecule has 1 aliphatic carbocycles. The van der Waals surface area contributed by atoms with E-state index in [4.69, 9.17) is 15.6 Å². The Kier molecular flexibility index (Phi) is 4.25. The molecule has 126 valence electrons. The van der Waals surface area contributed by atoms with Crippen molar-refractivity contribution in [3.8, 4) is 0 Å². The van der Waals surface area contributed by atoms with Gasteiger partial charge >= 0.3 is 12.1 Å². The third-order valence-electron chi connectivity index (χ3n) is 3.86. The number of carboxylic acid groups (broad SMARTS) is 1. The molecule has 1 unspecified atom stereocenters. The van der Waals surface area contributed by atoms with E-state index in [0.717, 1.165) is 24.2 Å². The molecule has 0 bridgehead atoms. The zero-order valence-electron chi connectivity index (χ0n) is 12.5. The predicted octanol–water partition coefficient (Wildman–Crippen LogP) is 1.23. The third kappa shape index (κ3) is 3.09. The second-order valence-electron chi connectivity index (χ2n) is 5.46. The summed E-state index contributed by atoms with van der Waals surface area (Å²) in [5.41, 5.74) is 9.39. The number of hydrogen-bond donors (Lipinski definition) is 2. The van der Waals surface area contributed by atoms with Crippen molar-refractivity contribution in [2.45, 2.75) is 18.6 Å². The van der Waals surface area contributed by atoms with Gasteiger partial charge in [-0.05, 0) is 25.1 Å². The maximum absolute atomic E-state index is 12.0. The molecular formula is C14H16F3N3O3. The first-order valence-corrected chi connectivity index (χ1v) is 6.74. The van der Waals surface area contributed by atoms with Crippen LogP contribution in [0.15, 0.2) is 18.0 Å². The Morgan fingerprint density at radius 1 is 1.39 bits per heavy atom. The van der Waals surface area contributed by atoms with Gasteiger partial charge in [0.25, 0.3) is 0 Å². The molecule has 0 fully saturated rings. The Balaban J connectivity index is 0.000000236. The molecule has 0 amide bonds. The first kappa shape index (κ1) is 17.1. The molecule has 1 aromatic heterocycles. The molecule has 23 heavy (non-hydrogen) atoms. The second-order valence-corrected chi connectivity index (χ2v) is 5.46. The average molecular weight is 331 g/mol. The van der Waals surface area contributed by atoms with E-state index in [0.29, 0.717) is 5.70 Å². The lowest BCUT2D eigenvalue weighted by molar-refractivity contribution is -0.192. The number of aryl methyl sites for hydroxylation is 1. The number of carbonyl (C=O) groups is 2. The Bertz CT molecular complexity index is 691. The van der Waals surface area contributed by atoms with Crippen LogP contribution in [0, 0.1) is 0 Å². The van der Waals surface area contributed by atoms with Crippen molar-refractivity contribution in [2.24, 2.45) is 12.8 Å². The summed E-state index contributed by atoms with van der Waals surface area (Å²) in [7, 11) is 3.99. The number of halogens is 3. The van der Waals surface area contributed by atoms with Gasteiger partial charge in [-0.25, -0.2) is 4.79 Å². The highest BCUT2D eigenvalue weighted by atomic mass is 19.4. The van der Waals surface area contributed by atoms with E-state index < -0.39 is 12.1 Å². The lowest BCUT2D eigenvalue weighted by atomic mass is 9.88. The molecule has 0 spiro atoms. The number of nitrogens with zero attached hydrogens (tertiary/aromatic N) is 2. The summed E-state index contributed by atoms with van der Waals surface area (Å²) in [6, 6.07) is 0.178. The number of ketones is 1. The largest absolute Gasteiger partial charge is 0.490 e. The predicted molar refractivity (Wildman–Crippen MR) is 74.8 cm³/mol. The van der Waals surface area contributed by atoms with E-state index in [9.17, 15) is 18.0 Å². The van der Waals surface area contributed by atoms with Gasteiger partial charge in [0.15, 0.2) is 0 Å². The zero-order chi connectivity index (χ0) is 17.5. The minimum Gasteiger partial charge on any atom is -0.475 e. The van der Waals surface area contributed by atoms with Gasteiger partial charge in [-0.3, -0.25) is 9.69 Å². The highest BCUT2D eigenvalue weighted by molar-refractivity contribution is 6.09. The van der Waals surface area contributed by atoms with Crippen LogP contribution in [0.3, 0.4) is 0 Å². The van der Waals surface area contributed by atoms with Gasteiger partial charge in [-0.1, -0.05) is 0 Å². The fourth-order valence-corrected chi connectivity index (χ4v) is 2.77. The minimum atomic E-state index is -5.08. The number of hydrogen-bond acceptors (Lipinski definition) is 4. The van der Waals surface area contributed by atoms with Crippen molar-refractivity contribution >= 4 is 11.8 Å². The summed E-state index contributed by atoms with van der Waals surface area (Å²) in [5.74, 6) is -2.79. The summed E-state index contributed by atoms with van der Waals surface area (Å²) in [4.78, 5) is 23.1. The monoisotopic (exact) mass is 331 g/mol. The fraction of sp³-hybridized carbons (Fsp3) is 0.429. The molecule has 0 saturated heterocycles. The molecule has 0 aromatic carbocycles. The van der Waals surface area contributed by atoms with Gasteiger partial charge in [0.2, 0.25) is 5.78 Å². The summed E-state index contributed by atoms with van der Waals surface area (Å²) in [5, 5.41) is 7.12. The quantitative estimate of drug-likeness (QED) is 0.746. The maximum Gasteiger partial charge on any atom is 0.490 e. The van der Waals surface area contributed by atoms with E-state index in [1.165, 1.54) is 5.56 Å². The Labute approximate surface area is 130 Å². The van der Waals surface area contributed by atoms with Crippen molar-refractivity contribution in [1.29, 1.82) is 0 Å². The zero-order valence-corrected chi connectivity index (χ0v) is 12.5. The Morgan fingerprint density at radius 2 is 1.96 bits per heavy atom. The molecule has 1 aromatic rings. The highest BCUT2D eigenvalue weighted by Gasteiger charge is 2.38. The van der Waals surface area contributed by atoms with Gasteiger partial charge in [0.1, 0.15) is 0 Å². The van der Waals surface area contributed by atoms with E-state index in [1.807, 2.05) is 17.7 Å². The topological polar surface area (TPSA) is 88.6 Å². The Morgan fingerprint density at radius 3 is 2.48 bits per heavy atom. The summed E-state index contributed by atoms with van der Waals surface area (Å²) < 4.78 is 33.7. The smallest absolute Gasteiger partial charge is 0.475 e. The minimum absolute atomic E-state index is 0.0321. The van der Waals surface area contributed by atoms with Crippen molar-refractivity contribution in [3.63, 3.8) is 0 Å².